The summed E-state index contributed by atoms with van der Waals surface area (Å²) < 4.78 is 4.17. The molecule has 82 valence electrons. The predicted octanol–water partition coefficient (Wildman–Crippen LogP) is 0.279. The van der Waals surface area contributed by atoms with Crippen LogP contribution < -0.4 is 0 Å². The van der Waals surface area contributed by atoms with Crippen molar-refractivity contribution >= 4 is 22.9 Å². The normalized spacial score (nSPS) is 8.64. The lowest BCUT2D eigenvalue weighted by Crippen LogP contribution is -1.93. The highest BCUT2D eigenvalue weighted by Gasteiger charge is 1.93. The van der Waals surface area contributed by atoms with Crippen LogP contribution in [0.1, 0.15) is 20.8 Å². The minimum atomic E-state index is -0.845. The van der Waals surface area contributed by atoms with Crippen LogP contribution in [0.25, 0.3) is 0 Å². The van der Waals surface area contributed by atoms with E-state index in [1.165, 1.54) is 6.92 Å². The topological polar surface area (TPSA) is 63.6 Å². The molecule has 0 amide bonds. The van der Waals surface area contributed by atoms with Crippen molar-refractivity contribution in [2.45, 2.75) is 20.8 Å². The molecule has 0 aliphatic heterocycles. The van der Waals surface area contributed by atoms with Crippen LogP contribution in [0, 0.1) is 0 Å². The minimum absolute atomic E-state index is 0. The first kappa shape index (κ1) is 18.4. The number of hydrogen-bond acceptors (Lipinski definition) is 3. The van der Waals surface area contributed by atoms with Gasteiger partial charge in [-0.2, -0.15) is 0 Å². The standard InChI is InChI=1S/C5H8O2.C4H6O2.H4Si/c1-3-4(2)5(6)7;1-3-6-4(2)5;/h3H,1-2H3,(H,6,7);3H,1H2,2H3;1H4. The van der Waals surface area contributed by atoms with Crippen molar-refractivity contribution in [3.05, 3.63) is 24.5 Å². The largest absolute Gasteiger partial charge is 0.478 e. The number of carbonyl (C=O) groups is 2. The predicted molar refractivity (Wildman–Crippen MR) is 60.4 cm³/mol. The highest BCUT2D eigenvalue weighted by atomic mass is 28.1. The summed E-state index contributed by atoms with van der Waals surface area (Å²) in [6.45, 7) is 7.73. The van der Waals surface area contributed by atoms with Gasteiger partial charge in [0, 0.05) is 12.5 Å². The molecular formula is C9H18O4Si. The summed E-state index contributed by atoms with van der Waals surface area (Å²) >= 11 is 0. The minimum Gasteiger partial charge on any atom is -0.478 e. The van der Waals surface area contributed by atoms with Gasteiger partial charge >= 0.3 is 11.9 Å². The van der Waals surface area contributed by atoms with Gasteiger partial charge in [0.1, 0.15) is 0 Å². The van der Waals surface area contributed by atoms with Gasteiger partial charge < -0.3 is 9.84 Å². The number of hydrogen-bond donors (Lipinski definition) is 1. The lowest BCUT2D eigenvalue weighted by Gasteiger charge is -1.84. The van der Waals surface area contributed by atoms with Gasteiger partial charge in [0.05, 0.1) is 6.26 Å². The molecule has 14 heavy (non-hydrogen) atoms. The van der Waals surface area contributed by atoms with Crippen molar-refractivity contribution in [1.82, 2.24) is 0 Å². The lowest BCUT2D eigenvalue weighted by atomic mass is 10.3. The monoisotopic (exact) mass is 218 g/mol. The van der Waals surface area contributed by atoms with Crippen LogP contribution >= 0.6 is 0 Å². The number of carboxylic acids is 1. The quantitative estimate of drug-likeness (QED) is 0.313. The van der Waals surface area contributed by atoms with Gasteiger partial charge in [-0.3, -0.25) is 4.79 Å². The van der Waals surface area contributed by atoms with Crippen molar-refractivity contribution in [1.29, 1.82) is 0 Å². The van der Waals surface area contributed by atoms with Gasteiger partial charge in [-0.15, -0.1) is 0 Å². The number of carbonyl (C=O) groups excluding carboxylic acids is 1. The number of allylic oxidation sites excluding steroid dienone is 1. The molecule has 1 N–H and O–H groups in total. The van der Waals surface area contributed by atoms with E-state index in [9.17, 15) is 9.59 Å². The molecule has 0 aromatic rings. The second-order valence-electron chi connectivity index (χ2n) is 2.05. The van der Waals surface area contributed by atoms with E-state index in [-0.39, 0.29) is 16.9 Å². The average Bonchev–Trinajstić information content (AvgIpc) is 2.03. The number of rotatable bonds is 2. The molecule has 0 atom stereocenters. The van der Waals surface area contributed by atoms with Crippen molar-refractivity contribution in [2.24, 2.45) is 0 Å². The first-order valence-electron chi connectivity index (χ1n) is 3.60. The number of aliphatic carboxylic acids is 1. The summed E-state index contributed by atoms with van der Waals surface area (Å²) in [6.07, 6.45) is 2.66. The van der Waals surface area contributed by atoms with E-state index in [2.05, 4.69) is 11.3 Å². The van der Waals surface area contributed by atoms with E-state index in [1.54, 1.807) is 19.9 Å². The molecule has 0 heterocycles. The maximum absolute atomic E-state index is 9.86. The van der Waals surface area contributed by atoms with Crippen molar-refractivity contribution in [3.8, 4) is 0 Å². The van der Waals surface area contributed by atoms with Crippen LogP contribution in [0.3, 0.4) is 0 Å². The fourth-order valence-electron chi connectivity index (χ4n) is 0.241. The first-order chi connectivity index (χ1) is 5.95. The molecule has 0 radical (unpaired) electrons. The maximum Gasteiger partial charge on any atom is 0.330 e. The molecule has 5 heteroatoms. The Kier molecular flexibility index (Phi) is 15.3. The van der Waals surface area contributed by atoms with E-state index in [1.807, 2.05) is 0 Å². The van der Waals surface area contributed by atoms with Crippen molar-refractivity contribution in [2.75, 3.05) is 0 Å². The van der Waals surface area contributed by atoms with Gasteiger partial charge in [-0.1, -0.05) is 12.7 Å². The summed E-state index contributed by atoms with van der Waals surface area (Å²) in [5, 5.41) is 8.11. The Morgan fingerprint density at radius 1 is 1.36 bits per heavy atom. The molecule has 0 aromatic heterocycles. The number of esters is 1. The van der Waals surface area contributed by atoms with Gasteiger partial charge in [0.2, 0.25) is 0 Å². The molecule has 0 fully saturated rings. The summed E-state index contributed by atoms with van der Waals surface area (Å²) in [5.74, 6) is -1.17. The Morgan fingerprint density at radius 2 is 1.79 bits per heavy atom. The smallest absolute Gasteiger partial charge is 0.330 e. The SMILES string of the molecule is C=COC(C)=O.CC=C(C)C(=O)O.[SiH4]. The fraction of sp³-hybridized carbons (Fsp3) is 0.333. The third-order valence-electron chi connectivity index (χ3n) is 1.02. The second-order valence-corrected chi connectivity index (χ2v) is 2.05. The van der Waals surface area contributed by atoms with Crippen LogP contribution in [0.15, 0.2) is 24.5 Å². The maximum atomic E-state index is 9.86. The summed E-state index contributed by atoms with van der Waals surface area (Å²) in [5.41, 5.74) is 0.389. The first-order valence-corrected chi connectivity index (χ1v) is 3.60. The van der Waals surface area contributed by atoms with Gasteiger partial charge in [-0.05, 0) is 24.8 Å². The van der Waals surface area contributed by atoms with E-state index in [0.29, 0.717) is 5.57 Å². The zero-order valence-corrected chi connectivity index (χ0v) is 8.03. The van der Waals surface area contributed by atoms with Gasteiger partial charge in [-0.25, -0.2) is 4.79 Å². The highest BCUT2D eigenvalue weighted by molar-refractivity contribution is 5.85. The number of carboxylic acid groups (broad SMARTS) is 1. The Balaban J connectivity index is -0.000000163. The molecule has 4 nitrogen and oxygen atoms in total. The third kappa shape index (κ3) is 16.9. The van der Waals surface area contributed by atoms with E-state index >= 15 is 0 Å². The Hall–Kier alpha value is -1.36. The molecule has 0 rings (SSSR count). The van der Waals surface area contributed by atoms with Crippen LogP contribution in [-0.4, -0.2) is 28.0 Å². The molecular weight excluding hydrogens is 200 g/mol. The average molecular weight is 218 g/mol. The van der Waals surface area contributed by atoms with Crippen molar-refractivity contribution in [3.63, 3.8) is 0 Å². The molecule has 0 saturated heterocycles. The summed E-state index contributed by atoms with van der Waals surface area (Å²) in [4.78, 5) is 19.6. The number of ether oxygens (including phenoxy) is 1. The highest BCUT2D eigenvalue weighted by Crippen LogP contribution is 1.87. The summed E-state index contributed by atoms with van der Waals surface area (Å²) in [6, 6.07) is 0. The van der Waals surface area contributed by atoms with Gasteiger partial charge in [0.15, 0.2) is 0 Å². The van der Waals surface area contributed by atoms with Crippen LogP contribution in [0.5, 0.6) is 0 Å². The zero-order chi connectivity index (χ0) is 10.9. The lowest BCUT2D eigenvalue weighted by molar-refractivity contribution is -0.135. The Labute approximate surface area is 88.3 Å². The van der Waals surface area contributed by atoms with E-state index in [0.717, 1.165) is 6.26 Å². The van der Waals surface area contributed by atoms with Crippen LogP contribution in [0.2, 0.25) is 0 Å². The zero-order valence-electron chi connectivity index (χ0n) is 8.03. The van der Waals surface area contributed by atoms with Crippen LogP contribution in [0.4, 0.5) is 0 Å². The van der Waals surface area contributed by atoms with Crippen LogP contribution in [-0.2, 0) is 14.3 Å². The molecule has 0 spiro atoms. The van der Waals surface area contributed by atoms with Gasteiger partial charge in [0.25, 0.3) is 0 Å². The summed E-state index contributed by atoms with van der Waals surface area (Å²) in [7, 11) is 0. The van der Waals surface area contributed by atoms with E-state index < -0.39 is 5.97 Å². The van der Waals surface area contributed by atoms with Crippen molar-refractivity contribution < 1.29 is 19.4 Å². The molecule has 0 bridgehead atoms. The molecule has 0 aromatic carbocycles. The molecule has 0 unspecified atom stereocenters. The molecule has 0 aliphatic carbocycles. The second kappa shape index (κ2) is 11.6. The third-order valence-corrected chi connectivity index (χ3v) is 1.02. The Bertz CT molecular complexity index is 221. The fourth-order valence-corrected chi connectivity index (χ4v) is 0.241. The molecule has 0 saturated carbocycles. The molecule has 0 aliphatic rings. The Morgan fingerprint density at radius 3 is 1.79 bits per heavy atom. The van der Waals surface area contributed by atoms with E-state index in [4.69, 9.17) is 5.11 Å².